The summed E-state index contributed by atoms with van der Waals surface area (Å²) >= 11 is 0. The van der Waals surface area contributed by atoms with Gasteiger partial charge in [0, 0.05) is 23.2 Å². The number of benzene rings is 2. The van der Waals surface area contributed by atoms with Gasteiger partial charge in [0.2, 0.25) is 0 Å². The summed E-state index contributed by atoms with van der Waals surface area (Å²) in [6.07, 6.45) is 1.77. The van der Waals surface area contributed by atoms with Crippen LogP contribution in [0.5, 0.6) is 5.75 Å². The lowest BCUT2D eigenvalue weighted by atomic mass is 10.1. The lowest BCUT2D eigenvalue weighted by Crippen LogP contribution is -2.20. The molecule has 0 aliphatic carbocycles. The Bertz CT molecular complexity index is 1100. The molecule has 156 valence electrons. The summed E-state index contributed by atoms with van der Waals surface area (Å²) in [6.45, 7) is 4.02. The predicted molar refractivity (Wildman–Crippen MR) is 113 cm³/mol. The average molecular weight is 409 g/mol. The van der Waals surface area contributed by atoms with Gasteiger partial charge in [0.15, 0.2) is 6.61 Å². The Kier molecular flexibility index (Phi) is 6.85. The van der Waals surface area contributed by atoms with E-state index in [2.05, 4.69) is 5.32 Å². The first-order valence-electron chi connectivity index (χ1n) is 9.70. The van der Waals surface area contributed by atoms with Crippen LogP contribution in [-0.2, 0) is 9.53 Å². The molecule has 2 aromatic carbocycles. The van der Waals surface area contributed by atoms with E-state index in [1.54, 1.807) is 42.5 Å². The fourth-order valence-corrected chi connectivity index (χ4v) is 2.82. The Morgan fingerprint density at radius 1 is 1.07 bits per heavy atom. The monoisotopic (exact) mass is 409 g/mol. The van der Waals surface area contributed by atoms with Crippen LogP contribution in [0.25, 0.3) is 11.0 Å². The molecule has 0 spiro atoms. The molecule has 0 aliphatic heterocycles. The molecule has 1 amide bonds. The van der Waals surface area contributed by atoms with Crippen LogP contribution in [0.15, 0.2) is 57.7 Å². The molecule has 1 aromatic heterocycles. The van der Waals surface area contributed by atoms with Gasteiger partial charge in [-0.05, 0) is 55.3 Å². The third kappa shape index (κ3) is 5.47. The van der Waals surface area contributed by atoms with E-state index in [4.69, 9.17) is 13.9 Å². The largest absolute Gasteiger partial charge is 0.484 e. The molecule has 0 unspecified atom stereocenters. The smallest absolute Gasteiger partial charge is 0.338 e. The molecular formula is C23H23NO6. The zero-order chi connectivity index (χ0) is 21.5. The summed E-state index contributed by atoms with van der Waals surface area (Å²) < 4.78 is 15.8. The number of anilines is 1. The third-order valence-corrected chi connectivity index (χ3v) is 4.43. The van der Waals surface area contributed by atoms with Gasteiger partial charge < -0.3 is 19.2 Å². The van der Waals surface area contributed by atoms with Crippen LogP contribution in [0.3, 0.4) is 0 Å². The maximum atomic E-state index is 12.1. The number of ether oxygens (including phenoxy) is 2. The molecular weight excluding hydrogens is 386 g/mol. The van der Waals surface area contributed by atoms with E-state index < -0.39 is 5.63 Å². The molecule has 0 saturated heterocycles. The Morgan fingerprint density at radius 3 is 2.57 bits per heavy atom. The number of amides is 1. The van der Waals surface area contributed by atoms with E-state index in [1.165, 1.54) is 6.07 Å². The quantitative estimate of drug-likeness (QED) is 0.342. The standard InChI is InChI=1S/C23H23NO6/c1-3-4-11-28-23(27)16-5-7-17(8-6-16)24-21(25)14-29-18-9-10-19-15(2)12-22(26)30-20(19)13-18/h5-10,12-13H,3-4,11,14H2,1-2H3,(H,24,25). The summed E-state index contributed by atoms with van der Waals surface area (Å²) in [4.78, 5) is 35.6. The van der Waals surface area contributed by atoms with Crippen molar-refractivity contribution in [2.45, 2.75) is 26.7 Å². The SMILES string of the molecule is CCCCOC(=O)c1ccc(NC(=O)COc2ccc3c(C)cc(=O)oc3c2)cc1. The van der Waals surface area contributed by atoms with Gasteiger partial charge in [-0.15, -0.1) is 0 Å². The van der Waals surface area contributed by atoms with E-state index in [0.29, 0.717) is 29.2 Å². The first-order valence-corrected chi connectivity index (χ1v) is 9.70. The number of carbonyl (C=O) groups is 2. The maximum absolute atomic E-state index is 12.1. The topological polar surface area (TPSA) is 94.8 Å². The number of carbonyl (C=O) groups excluding carboxylic acids is 2. The summed E-state index contributed by atoms with van der Waals surface area (Å²) in [5, 5.41) is 3.50. The highest BCUT2D eigenvalue weighted by atomic mass is 16.5. The van der Waals surface area contributed by atoms with Crippen LogP contribution in [0.2, 0.25) is 0 Å². The van der Waals surface area contributed by atoms with Gasteiger partial charge in [-0.25, -0.2) is 9.59 Å². The molecule has 0 radical (unpaired) electrons. The molecule has 0 fully saturated rings. The number of nitrogens with one attached hydrogen (secondary N) is 1. The number of hydrogen-bond donors (Lipinski definition) is 1. The average Bonchev–Trinajstić information content (AvgIpc) is 2.72. The minimum absolute atomic E-state index is 0.220. The van der Waals surface area contributed by atoms with Gasteiger partial charge in [-0.1, -0.05) is 13.3 Å². The van der Waals surface area contributed by atoms with Crippen molar-refractivity contribution in [3.05, 3.63) is 70.1 Å². The van der Waals surface area contributed by atoms with Crippen LogP contribution in [0.1, 0.15) is 35.7 Å². The number of esters is 1. The van der Waals surface area contributed by atoms with Crippen LogP contribution < -0.4 is 15.7 Å². The molecule has 3 rings (SSSR count). The molecule has 30 heavy (non-hydrogen) atoms. The fraction of sp³-hybridized carbons (Fsp3) is 0.261. The zero-order valence-corrected chi connectivity index (χ0v) is 16.9. The van der Waals surface area contributed by atoms with Crippen LogP contribution in [0, 0.1) is 6.92 Å². The molecule has 0 bridgehead atoms. The Morgan fingerprint density at radius 2 is 1.83 bits per heavy atom. The van der Waals surface area contributed by atoms with Crippen LogP contribution in [-0.4, -0.2) is 25.1 Å². The van der Waals surface area contributed by atoms with Crippen molar-refractivity contribution in [2.75, 3.05) is 18.5 Å². The van der Waals surface area contributed by atoms with Crippen molar-refractivity contribution in [1.29, 1.82) is 0 Å². The second-order valence-electron chi connectivity index (χ2n) is 6.81. The molecule has 3 aromatic rings. The van der Waals surface area contributed by atoms with Crippen molar-refractivity contribution in [3.8, 4) is 5.75 Å². The summed E-state index contributed by atoms with van der Waals surface area (Å²) in [5.41, 5.74) is 1.73. The second-order valence-corrected chi connectivity index (χ2v) is 6.81. The second kappa shape index (κ2) is 9.73. The number of fused-ring (bicyclic) bond motifs is 1. The minimum Gasteiger partial charge on any atom is -0.484 e. The molecule has 0 atom stereocenters. The lowest BCUT2D eigenvalue weighted by Gasteiger charge is -2.09. The van der Waals surface area contributed by atoms with Gasteiger partial charge in [0.25, 0.3) is 5.91 Å². The first-order chi connectivity index (χ1) is 14.5. The Labute approximate surface area is 173 Å². The highest BCUT2D eigenvalue weighted by molar-refractivity contribution is 5.93. The van der Waals surface area contributed by atoms with Crippen molar-refractivity contribution >= 4 is 28.5 Å². The van der Waals surface area contributed by atoms with E-state index >= 15 is 0 Å². The van der Waals surface area contributed by atoms with E-state index in [-0.39, 0.29) is 18.5 Å². The van der Waals surface area contributed by atoms with Gasteiger partial charge >= 0.3 is 11.6 Å². The van der Waals surface area contributed by atoms with Gasteiger partial charge in [-0.3, -0.25) is 4.79 Å². The first kappa shape index (κ1) is 21.1. The number of unbranched alkanes of at least 4 members (excludes halogenated alkanes) is 1. The Balaban J connectivity index is 1.55. The van der Waals surface area contributed by atoms with Crippen molar-refractivity contribution in [1.82, 2.24) is 0 Å². The molecule has 1 N–H and O–H groups in total. The summed E-state index contributed by atoms with van der Waals surface area (Å²) in [5.74, 6) is -0.335. The van der Waals surface area contributed by atoms with E-state index in [9.17, 15) is 14.4 Å². The number of hydrogen-bond acceptors (Lipinski definition) is 6. The molecule has 7 heteroatoms. The normalized spacial score (nSPS) is 10.6. The Hall–Kier alpha value is -3.61. The molecule has 0 saturated carbocycles. The summed E-state index contributed by atoms with van der Waals surface area (Å²) in [7, 11) is 0. The minimum atomic E-state index is -0.437. The van der Waals surface area contributed by atoms with Crippen molar-refractivity contribution in [3.63, 3.8) is 0 Å². The van der Waals surface area contributed by atoms with E-state index in [1.807, 2.05) is 13.8 Å². The highest BCUT2D eigenvalue weighted by Gasteiger charge is 2.09. The van der Waals surface area contributed by atoms with Crippen LogP contribution in [0.4, 0.5) is 5.69 Å². The maximum Gasteiger partial charge on any atom is 0.338 e. The van der Waals surface area contributed by atoms with Crippen LogP contribution >= 0.6 is 0 Å². The van der Waals surface area contributed by atoms with Gasteiger partial charge in [0.05, 0.1) is 12.2 Å². The van der Waals surface area contributed by atoms with E-state index in [0.717, 1.165) is 23.8 Å². The number of rotatable bonds is 8. The third-order valence-electron chi connectivity index (χ3n) is 4.43. The van der Waals surface area contributed by atoms with Crippen molar-refractivity contribution in [2.24, 2.45) is 0 Å². The van der Waals surface area contributed by atoms with Gasteiger partial charge in [0.1, 0.15) is 11.3 Å². The predicted octanol–water partition coefficient (Wildman–Crippen LogP) is 4.08. The summed E-state index contributed by atoms with van der Waals surface area (Å²) in [6, 6.07) is 12.9. The highest BCUT2D eigenvalue weighted by Crippen LogP contribution is 2.22. The van der Waals surface area contributed by atoms with Crippen molar-refractivity contribution < 1.29 is 23.5 Å². The fourth-order valence-electron chi connectivity index (χ4n) is 2.82. The zero-order valence-electron chi connectivity index (χ0n) is 16.9. The molecule has 1 heterocycles. The molecule has 0 aliphatic rings. The number of aryl methyl sites for hydroxylation is 1. The molecule has 7 nitrogen and oxygen atoms in total. The van der Waals surface area contributed by atoms with Gasteiger partial charge in [-0.2, -0.15) is 0 Å². The lowest BCUT2D eigenvalue weighted by molar-refractivity contribution is -0.118.